The molecule has 0 bridgehead atoms. The lowest BCUT2D eigenvalue weighted by atomic mass is 10.3. The van der Waals surface area contributed by atoms with E-state index in [-0.39, 0.29) is 16.4 Å². The molecule has 0 spiro atoms. The number of benzene rings is 1. The molecule has 0 radical (unpaired) electrons. The van der Waals surface area contributed by atoms with Crippen LogP contribution < -0.4 is 5.32 Å². The van der Waals surface area contributed by atoms with Crippen molar-refractivity contribution in [3.8, 4) is 0 Å². The van der Waals surface area contributed by atoms with Crippen LogP contribution in [0.15, 0.2) is 30.4 Å². The van der Waals surface area contributed by atoms with Gasteiger partial charge in [-0.1, -0.05) is 11.6 Å². The summed E-state index contributed by atoms with van der Waals surface area (Å²) in [6.07, 6.45) is 1.49. The van der Waals surface area contributed by atoms with Crippen molar-refractivity contribution >= 4 is 34.9 Å². The zero-order chi connectivity index (χ0) is 13.7. The third-order valence-electron chi connectivity index (χ3n) is 1.79. The van der Waals surface area contributed by atoms with Crippen molar-refractivity contribution in [1.82, 2.24) is 0 Å². The van der Waals surface area contributed by atoms with Crippen LogP contribution in [0.5, 0.6) is 0 Å². The highest BCUT2D eigenvalue weighted by Gasteiger charge is 2.12. The fourth-order valence-corrected chi connectivity index (χ4v) is 1.31. The summed E-state index contributed by atoms with van der Waals surface area (Å²) < 4.78 is 0. The Morgan fingerprint density at radius 2 is 2.06 bits per heavy atom. The molecule has 7 nitrogen and oxygen atoms in total. The molecule has 0 atom stereocenters. The standard InChI is InChI=1S/C10H7ClN2O5/c11-7-5-6(1-2-8(7)13(17)18)12-9(14)3-4-10(15)16/h1-5H,(H,12,14)(H,15,16)/b4-3+. The molecular formula is C10H7ClN2O5. The van der Waals surface area contributed by atoms with Crippen molar-refractivity contribution in [2.24, 2.45) is 0 Å². The van der Waals surface area contributed by atoms with Crippen LogP contribution in [-0.4, -0.2) is 21.9 Å². The average molecular weight is 271 g/mol. The average Bonchev–Trinajstić information content (AvgIpc) is 2.26. The zero-order valence-electron chi connectivity index (χ0n) is 8.79. The molecule has 0 aliphatic rings. The molecule has 0 saturated carbocycles. The number of halogens is 1. The van der Waals surface area contributed by atoms with Crippen LogP contribution in [0.4, 0.5) is 11.4 Å². The van der Waals surface area contributed by atoms with Gasteiger partial charge in [0, 0.05) is 23.9 Å². The highest BCUT2D eigenvalue weighted by atomic mass is 35.5. The molecule has 1 amide bonds. The molecule has 2 N–H and O–H groups in total. The second-order valence-electron chi connectivity index (χ2n) is 3.08. The number of hydrogen-bond donors (Lipinski definition) is 2. The van der Waals surface area contributed by atoms with Crippen LogP contribution in [0.3, 0.4) is 0 Å². The van der Waals surface area contributed by atoms with Crippen LogP contribution in [0.2, 0.25) is 5.02 Å². The summed E-state index contributed by atoms with van der Waals surface area (Å²) in [5.41, 5.74) is -0.0543. The van der Waals surface area contributed by atoms with Crippen molar-refractivity contribution in [3.05, 3.63) is 45.5 Å². The van der Waals surface area contributed by atoms with Crippen LogP contribution in [0.25, 0.3) is 0 Å². The summed E-state index contributed by atoms with van der Waals surface area (Å²) in [6, 6.07) is 3.63. The van der Waals surface area contributed by atoms with Crippen LogP contribution in [0.1, 0.15) is 0 Å². The summed E-state index contributed by atoms with van der Waals surface area (Å²) >= 11 is 5.63. The molecule has 0 saturated heterocycles. The Hall–Kier alpha value is -2.41. The monoisotopic (exact) mass is 270 g/mol. The fourth-order valence-electron chi connectivity index (χ4n) is 1.06. The molecule has 0 fully saturated rings. The molecular weight excluding hydrogens is 264 g/mol. The van der Waals surface area contributed by atoms with Gasteiger partial charge in [-0.25, -0.2) is 4.79 Å². The summed E-state index contributed by atoms with van der Waals surface area (Å²) in [7, 11) is 0. The highest BCUT2D eigenvalue weighted by molar-refractivity contribution is 6.33. The zero-order valence-corrected chi connectivity index (χ0v) is 9.55. The van der Waals surface area contributed by atoms with E-state index < -0.39 is 16.8 Å². The van der Waals surface area contributed by atoms with Gasteiger partial charge in [0.15, 0.2) is 0 Å². The van der Waals surface area contributed by atoms with E-state index in [9.17, 15) is 19.7 Å². The maximum Gasteiger partial charge on any atom is 0.328 e. The molecule has 1 rings (SSSR count). The molecule has 0 aliphatic heterocycles. The van der Waals surface area contributed by atoms with E-state index in [0.29, 0.717) is 6.08 Å². The van der Waals surface area contributed by atoms with Crippen molar-refractivity contribution in [2.45, 2.75) is 0 Å². The number of aliphatic carboxylic acids is 1. The van der Waals surface area contributed by atoms with Gasteiger partial charge < -0.3 is 10.4 Å². The second kappa shape index (κ2) is 5.78. The van der Waals surface area contributed by atoms with Crippen LogP contribution in [0, 0.1) is 10.1 Å². The summed E-state index contributed by atoms with van der Waals surface area (Å²) in [5, 5.41) is 21.0. The fraction of sp³-hybridized carbons (Fsp3) is 0. The number of rotatable bonds is 4. The lowest BCUT2D eigenvalue weighted by Crippen LogP contribution is -2.08. The Kier molecular flexibility index (Phi) is 4.39. The molecule has 1 aromatic carbocycles. The number of nitro benzene ring substituents is 1. The summed E-state index contributed by atoms with van der Waals surface area (Å²) in [5.74, 6) is -1.94. The summed E-state index contributed by atoms with van der Waals surface area (Å²) in [4.78, 5) is 31.2. The summed E-state index contributed by atoms with van der Waals surface area (Å²) in [6.45, 7) is 0. The SMILES string of the molecule is O=C(O)/C=C/C(=O)Nc1ccc([N+](=O)[O-])c(Cl)c1. The maximum atomic E-state index is 11.2. The number of carbonyl (C=O) groups excluding carboxylic acids is 1. The van der Waals surface area contributed by atoms with E-state index >= 15 is 0 Å². The Morgan fingerprint density at radius 1 is 1.39 bits per heavy atom. The predicted octanol–water partition coefficient (Wildman–Crippen LogP) is 1.83. The highest BCUT2D eigenvalue weighted by Crippen LogP contribution is 2.27. The minimum Gasteiger partial charge on any atom is -0.478 e. The molecule has 1 aromatic rings. The number of nitrogens with zero attached hydrogens (tertiary/aromatic N) is 1. The van der Waals surface area contributed by atoms with Crippen molar-refractivity contribution < 1.29 is 19.6 Å². The minimum atomic E-state index is -1.26. The molecule has 0 aromatic heterocycles. The van der Waals surface area contributed by atoms with Gasteiger partial charge in [-0.05, 0) is 12.1 Å². The Bertz CT molecular complexity index is 541. The molecule has 18 heavy (non-hydrogen) atoms. The van der Waals surface area contributed by atoms with E-state index in [1.807, 2.05) is 0 Å². The first-order valence-corrected chi connectivity index (χ1v) is 4.94. The number of carboxylic acid groups (broad SMARTS) is 1. The van der Waals surface area contributed by atoms with Gasteiger partial charge in [-0.15, -0.1) is 0 Å². The first kappa shape index (κ1) is 13.7. The number of nitrogens with one attached hydrogen (secondary N) is 1. The number of carbonyl (C=O) groups is 2. The lowest BCUT2D eigenvalue weighted by Gasteiger charge is -2.02. The van der Waals surface area contributed by atoms with Crippen LogP contribution >= 0.6 is 11.6 Å². The van der Waals surface area contributed by atoms with Gasteiger partial charge in [0.05, 0.1) is 4.92 Å². The van der Waals surface area contributed by atoms with E-state index in [1.54, 1.807) is 0 Å². The first-order chi connectivity index (χ1) is 8.40. The maximum absolute atomic E-state index is 11.2. The van der Waals surface area contributed by atoms with Gasteiger partial charge in [0.2, 0.25) is 5.91 Å². The topological polar surface area (TPSA) is 110 Å². The smallest absolute Gasteiger partial charge is 0.328 e. The number of hydrogen-bond acceptors (Lipinski definition) is 4. The van der Waals surface area contributed by atoms with Gasteiger partial charge in [-0.3, -0.25) is 14.9 Å². The van der Waals surface area contributed by atoms with Crippen LogP contribution in [-0.2, 0) is 9.59 Å². The van der Waals surface area contributed by atoms with Gasteiger partial charge in [0.1, 0.15) is 5.02 Å². The van der Waals surface area contributed by atoms with E-state index in [0.717, 1.165) is 12.1 Å². The number of carboxylic acids is 1. The van der Waals surface area contributed by atoms with E-state index in [2.05, 4.69) is 5.32 Å². The largest absolute Gasteiger partial charge is 0.478 e. The van der Waals surface area contributed by atoms with Gasteiger partial charge in [0.25, 0.3) is 5.69 Å². The molecule has 94 valence electrons. The number of nitro groups is 1. The van der Waals surface area contributed by atoms with E-state index in [4.69, 9.17) is 16.7 Å². The van der Waals surface area contributed by atoms with Gasteiger partial charge in [-0.2, -0.15) is 0 Å². The quantitative estimate of drug-likeness (QED) is 0.493. The van der Waals surface area contributed by atoms with E-state index in [1.165, 1.54) is 12.1 Å². The lowest BCUT2D eigenvalue weighted by molar-refractivity contribution is -0.384. The predicted molar refractivity (Wildman–Crippen MR) is 63.5 cm³/mol. The Morgan fingerprint density at radius 3 is 2.56 bits per heavy atom. The normalized spacial score (nSPS) is 10.3. The minimum absolute atomic E-state index is 0.125. The molecule has 0 aliphatic carbocycles. The van der Waals surface area contributed by atoms with Gasteiger partial charge >= 0.3 is 5.97 Å². The molecule has 0 unspecified atom stereocenters. The number of amides is 1. The first-order valence-electron chi connectivity index (χ1n) is 4.56. The second-order valence-corrected chi connectivity index (χ2v) is 3.49. The Balaban J connectivity index is 2.81. The van der Waals surface area contributed by atoms with Crippen molar-refractivity contribution in [3.63, 3.8) is 0 Å². The Labute approximate surface area is 106 Å². The number of anilines is 1. The third kappa shape index (κ3) is 3.87. The van der Waals surface area contributed by atoms with Crippen molar-refractivity contribution in [1.29, 1.82) is 0 Å². The van der Waals surface area contributed by atoms with Crippen molar-refractivity contribution in [2.75, 3.05) is 5.32 Å². The molecule has 8 heteroatoms. The third-order valence-corrected chi connectivity index (χ3v) is 2.09. The molecule has 0 heterocycles.